The molecule has 0 aliphatic heterocycles. The zero-order valence-electron chi connectivity index (χ0n) is 17.6. The molecule has 0 fully saturated rings. The van der Waals surface area contributed by atoms with Crippen molar-refractivity contribution < 1.29 is 9.53 Å². The van der Waals surface area contributed by atoms with Gasteiger partial charge in [-0.05, 0) is 62.5 Å². The van der Waals surface area contributed by atoms with Crippen molar-refractivity contribution in [3.05, 3.63) is 98.1 Å². The minimum Gasteiger partial charge on any atom is -0.494 e. The average Bonchev–Trinajstić information content (AvgIpc) is 3.11. The Morgan fingerprint density at radius 3 is 2.56 bits per heavy atom. The van der Waals surface area contributed by atoms with Gasteiger partial charge in [-0.2, -0.15) is 5.10 Å². The Bertz CT molecular complexity index is 1310. The summed E-state index contributed by atoms with van der Waals surface area (Å²) in [7, 11) is 1.57. The normalized spacial score (nSPS) is 11.2. The summed E-state index contributed by atoms with van der Waals surface area (Å²) in [5, 5.41) is 5.28. The monoisotopic (exact) mass is 553 g/mol. The first-order chi connectivity index (χ1) is 15.5. The highest BCUT2D eigenvalue weighted by molar-refractivity contribution is 9.11. The molecule has 0 saturated carbocycles. The number of benzene rings is 3. The summed E-state index contributed by atoms with van der Waals surface area (Å²) in [4.78, 5) is 12.6. The van der Waals surface area contributed by atoms with Gasteiger partial charge in [0.05, 0.1) is 22.3 Å². The van der Waals surface area contributed by atoms with E-state index in [4.69, 9.17) is 4.74 Å². The fraction of sp³-hybridized carbons (Fsp3) is 0.120. The number of aromatic nitrogens is 1. The number of hydrazone groups is 1. The van der Waals surface area contributed by atoms with E-state index in [0.29, 0.717) is 20.3 Å². The fourth-order valence-electron chi connectivity index (χ4n) is 3.63. The molecule has 0 aliphatic carbocycles. The van der Waals surface area contributed by atoms with Crippen molar-refractivity contribution >= 4 is 54.9 Å². The topological polar surface area (TPSA) is 55.6 Å². The van der Waals surface area contributed by atoms with Crippen LogP contribution in [0.4, 0.5) is 0 Å². The van der Waals surface area contributed by atoms with Crippen molar-refractivity contribution in [2.75, 3.05) is 7.11 Å². The van der Waals surface area contributed by atoms with Crippen molar-refractivity contribution in [3.8, 4) is 5.75 Å². The number of nitrogens with zero attached hydrogens (tertiary/aromatic N) is 2. The molecule has 0 spiro atoms. The number of para-hydroxylation sites is 1. The maximum absolute atomic E-state index is 12.6. The number of aryl methyl sites for hydroxylation is 1. The third-order valence-electron chi connectivity index (χ3n) is 5.09. The van der Waals surface area contributed by atoms with E-state index in [0.717, 1.165) is 23.0 Å². The van der Waals surface area contributed by atoms with E-state index in [2.05, 4.69) is 96.5 Å². The van der Waals surface area contributed by atoms with Crippen LogP contribution in [-0.2, 0) is 6.54 Å². The lowest BCUT2D eigenvalue weighted by Crippen LogP contribution is -2.17. The Morgan fingerprint density at radius 1 is 1.09 bits per heavy atom. The molecule has 7 heteroatoms. The number of halogens is 2. The molecule has 0 bridgehead atoms. The number of carbonyl (C=O) groups excluding carboxylic acids is 1. The minimum atomic E-state index is -0.311. The maximum atomic E-state index is 12.6. The summed E-state index contributed by atoms with van der Waals surface area (Å²) >= 11 is 6.83. The number of amides is 1. The maximum Gasteiger partial charge on any atom is 0.271 e. The number of fused-ring (bicyclic) bond motifs is 1. The summed E-state index contributed by atoms with van der Waals surface area (Å²) in [5.74, 6) is 0.320. The lowest BCUT2D eigenvalue weighted by Gasteiger charge is -2.08. The first kappa shape index (κ1) is 22.3. The predicted octanol–water partition coefficient (Wildman–Crippen LogP) is 6.30. The Balaban J connectivity index is 1.56. The van der Waals surface area contributed by atoms with Crippen LogP contribution in [0.2, 0.25) is 0 Å². The summed E-state index contributed by atoms with van der Waals surface area (Å²) < 4.78 is 8.85. The standard InChI is InChI=1S/C25H21Br2N3O2/c1-16-6-5-7-17(10-16)14-30-15-19(20-8-3-4-9-23(20)30)13-28-29-25(31)18-11-21(26)24(32-2)22(27)12-18/h3-13,15H,14H2,1-2H3,(H,29,31). The van der Waals surface area contributed by atoms with Crippen LogP contribution in [0, 0.1) is 6.92 Å². The Morgan fingerprint density at radius 2 is 1.84 bits per heavy atom. The third kappa shape index (κ3) is 4.79. The number of nitrogens with one attached hydrogen (secondary N) is 1. The molecular formula is C25H21Br2N3O2. The molecule has 5 nitrogen and oxygen atoms in total. The summed E-state index contributed by atoms with van der Waals surface area (Å²) in [6.45, 7) is 2.86. The second-order valence-electron chi connectivity index (χ2n) is 7.39. The molecule has 0 unspecified atom stereocenters. The Kier molecular flexibility index (Phi) is 6.77. The van der Waals surface area contributed by atoms with Crippen LogP contribution >= 0.6 is 31.9 Å². The smallest absolute Gasteiger partial charge is 0.271 e. The van der Waals surface area contributed by atoms with Crippen LogP contribution in [0.15, 0.2) is 80.9 Å². The van der Waals surface area contributed by atoms with Crippen LogP contribution in [-0.4, -0.2) is 23.8 Å². The van der Waals surface area contributed by atoms with Crippen molar-refractivity contribution in [3.63, 3.8) is 0 Å². The van der Waals surface area contributed by atoms with Crippen LogP contribution < -0.4 is 10.2 Å². The van der Waals surface area contributed by atoms with Gasteiger partial charge in [-0.3, -0.25) is 4.79 Å². The number of methoxy groups -OCH3 is 1. The van der Waals surface area contributed by atoms with Gasteiger partial charge in [0, 0.05) is 34.8 Å². The second-order valence-corrected chi connectivity index (χ2v) is 9.10. The van der Waals surface area contributed by atoms with Gasteiger partial charge in [0.1, 0.15) is 5.75 Å². The molecule has 32 heavy (non-hydrogen) atoms. The molecule has 1 amide bonds. The fourth-order valence-corrected chi connectivity index (χ4v) is 5.14. The van der Waals surface area contributed by atoms with E-state index < -0.39 is 0 Å². The largest absolute Gasteiger partial charge is 0.494 e. The zero-order chi connectivity index (χ0) is 22.7. The van der Waals surface area contributed by atoms with Crippen molar-refractivity contribution in [2.45, 2.75) is 13.5 Å². The van der Waals surface area contributed by atoms with Gasteiger partial charge in [0.2, 0.25) is 0 Å². The molecule has 1 N–H and O–H groups in total. The van der Waals surface area contributed by atoms with Crippen molar-refractivity contribution in [2.24, 2.45) is 5.10 Å². The number of rotatable bonds is 6. The van der Waals surface area contributed by atoms with E-state index in [9.17, 15) is 4.79 Å². The van der Waals surface area contributed by atoms with Gasteiger partial charge >= 0.3 is 0 Å². The van der Waals surface area contributed by atoms with Crippen molar-refractivity contribution in [1.29, 1.82) is 0 Å². The molecule has 4 aromatic rings. The average molecular weight is 555 g/mol. The molecule has 0 saturated heterocycles. The van der Waals surface area contributed by atoms with Crippen LogP contribution in [0.1, 0.15) is 27.0 Å². The molecule has 1 heterocycles. The minimum absolute atomic E-state index is 0.311. The molecule has 3 aromatic carbocycles. The molecule has 162 valence electrons. The SMILES string of the molecule is COc1c(Br)cc(C(=O)NN=Cc2cn(Cc3cccc(C)c3)c3ccccc23)cc1Br. The highest BCUT2D eigenvalue weighted by Crippen LogP contribution is 2.34. The van der Waals surface area contributed by atoms with Gasteiger partial charge in [0.25, 0.3) is 5.91 Å². The molecule has 4 rings (SSSR count). The number of carbonyl (C=O) groups is 1. The molecule has 0 radical (unpaired) electrons. The van der Waals surface area contributed by atoms with Gasteiger partial charge in [-0.15, -0.1) is 0 Å². The Hall–Kier alpha value is -2.90. The van der Waals surface area contributed by atoms with E-state index in [1.165, 1.54) is 11.1 Å². The highest BCUT2D eigenvalue weighted by Gasteiger charge is 2.13. The number of ether oxygens (including phenoxy) is 1. The van der Waals surface area contributed by atoms with E-state index in [1.807, 2.05) is 12.1 Å². The number of hydrogen-bond donors (Lipinski definition) is 1. The molecule has 0 aliphatic rings. The predicted molar refractivity (Wildman–Crippen MR) is 136 cm³/mol. The van der Waals surface area contributed by atoms with Crippen LogP contribution in [0.3, 0.4) is 0 Å². The van der Waals surface area contributed by atoms with Gasteiger partial charge in [0.15, 0.2) is 0 Å². The quantitative estimate of drug-likeness (QED) is 0.225. The summed E-state index contributed by atoms with van der Waals surface area (Å²) in [6.07, 6.45) is 3.74. The van der Waals surface area contributed by atoms with E-state index in [-0.39, 0.29) is 5.91 Å². The lowest BCUT2D eigenvalue weighted by molar-refractivity contribution is 0.0955. The Labute approximate surface area is 203 Å². The first-order valence-electron chi connectivity index (χ1n) is 9.96. The van der Waals surface area contributed by atoms with Gasteiger partial charge in [-0.25, -0.2) is 5.43 Å². The van der Waals surface area contributed by atoms with Gasteiger partial charge in [-0.1, -0.05) is 48.0 Å². The lowest BCUT2D eigenvalue weighted by atomic mass is 10.1. The van der Waals surface area contributed by atoms with Crippen molar-refractivity contribution in [1.82, 2.24) is 9.99 Å². The highest BCUT2D eigenvalue weighted by atomic mass is 79.9. The van der Waals surface area contributed by atoms with Crippen LogP contribution in [0.5, 0.6) is 5.75 Å². The summed E-state index contributed by atoms with van der Waals surface area (Å²) in [5.41, 5.74) is 7.59. The van der Waals surface area contributed by atoms with E-state index >= 15 is 0 Å². The number of hydrogen-bond acceptors (Lipinski definition) is 3. The molecule has 0 atom stereocenters. The van der Waals surface area contributed by atoms with Crippen LogP contribution in [0.25, 0.3) is 10.9 Å². The first-order valence-corrected chi connectivity index (χ1v) is 11.5. The van der Waals surface area contributed by atoms with Gasteiger partial charge < -0.3 is 9.30 Å². The molecule has 1 aromatic heterocycles. The van der Waals surface area contributed by atoms with E-state index in [1.54, 1.807) is 25.5 Å². The molecular weight excluding hydrogens is 534 g/mol. The third-order valence-corrected chi connectivity index (χ3v) is 6.27. The zero-order valence-corrected chi connectivity index (χ0v) is 20.8. The second kappa shape index (κ2) is 9.71. The summed E-state index contributed by atoms with van der Waals surface area (Å²) in [6, 6.07) is 20.1.